The largest absolute Gasteiger partial charge is 0.444 e. The Kier molecular flexibility index (Phi) is 8.14. The number of rotatable bonds is 4. The highest BCUT2D eigenvalue weighted by molar-refractivity contribution is 9.10. The lowest BCUT2D eigenvalue weighted by Crippen LogP contribution is -2.54. The smallest absolute Gasteiger partial charge is 0.407 e. The number of nitrogens with zero attached hydrogens (tertiary/aromatic N) is 1. The van der Waals surface area contributed by atoms with E-state index in [1.54, 1.807) is 4.90 Å². The Balaban J connectivity index is 1.95. The molecule has 0 saturated carbocycles. The molecule has 0 aliphatic carbocycles. The van der Waals surface area contributed by atoms with Crippen molar-refractivity contribution in [2.45, 2.75) is 71.4 Å². The van der Waals surface area contributed by atoms with Crippen LogP contribution in [0.15, 0.2) is 28.7 Å². The van der Waals surface area contributed by atoms with Crippen LogP contribution in [0.3, 0.4) is 0 Å². The van der Waals surface area contributed by atoms with E-state index >= 15 is 0 Å². The average Bonchev–Trinajstić information content (AvgIpc) is 2.66. The molecular formula is C23H35BrN4O3. The number of nitrogens with one attached hydrogen (secondary N) is 3. The van der Waals surface area contributed by atoms with E-state index in [0.29, 0.717) is 25.9 Å². The molecule has 1 unspecified atom stereocenters. The van der Waals surface area contributed by atoms with E-state index in [-0.39, 0.29) is 23.8 Å². The number of likely N-dealkylation sites (tertiary alicyclic amines) is 1. The molecule has 31 heavy (non-hydrogen) atoms. The molecule has 7 nitrogen and oxygen atoms in total. The summed E-state index contributed by atoms with van der Waals surface area (Å²) in [6, 6.07) is 7.57. The number of ether oxygens (including phenoxy) is 1. The molecule has 1 saturated heterocycles. The highest BCUT2D eigenvalue weighted by atomic mass is 79.9. The van der Waals surface area contributed by atoms with Gasteiger partial charge in [0.2, 0.25) is 0 Å². The monoisotopic (exact) mass is 494 g/mol. The molecule has 0 aromatic heterocycles. The molecule has 1 heterocycles. The number of amides is 3. The van der Waals surface area contributed by atoms with E-state index in [4.69, 9.17) is 10.1 Å². The van der Waals surface area contributed by atoms with Gasteiger partial charge in [0.15, 0.2) is 0 Å². The second-order valence-corrected chi connectivity index (χ2v) is 10.5. The first-order valence-corrected chi connectivity index (χ1v) is 11.5. The van der Waals surface area contributed by atoms with Gasteiger partial charge < -0.3 is 15.0 Å². The van der Waals surface area contributed by atoms with Gasteiger partial charge in [0.05, 0.1) is 5.41 Å². The number of alkyl carbamates (subject to hydrolysis) is 1. The molecule has 0 spiro atoms. The summed E-state index contributed by atoms with van der Waals surface area (Å²) in [6.07, 6.45) is 0.863. The van der Waals surface area contributed by atoms with Crippen molar-refractivity contribution < 1.29 is 14.3 Å². The molecule has 1 atom stereocenters. The van der Waals surface area contributed by atoms with Crippen LogP contribution in [0.4, 0.5) is 9.59 Å². The quantitative estimate of drug-likeness (QED) is 0.404. The van der Waals surface area contributed by atoms with E-state index < -0.39 is 17.1 Å². The number of hydrogen-bond acceptors (Lipinski definition) is 4. The van der Waals surface area contributed by atoms with Crippen molar-refractivity contribution in [1.82, 2.24) is 15.5 Å². The fraction of sp³-hybridized carbons (Fsp3) is 0.609. The Labute approximate surface area is 193 Å². The summed E-state index contributed by atoms with van der Waals surface area (Å²) >= 11 is 3.45. The van der Waals surface area contributed by atoms with Gasteiger partial charge in [-0.25, -0.2) is 9.59 Å². The van der Waals surface area contributed by atoms with Crippen LogP contribution in [0.2, 0.25) is 0 Å². The lowest BCUT2D eigenvalue weighted by molar-refractivity contribution is 0.0485. The molecule has 8 heteroatoms. The number of hydrogen-bond donors (Lipinski definition) is 3. The van der Waals surface area contributed by atoms with Crippen LogP contribution in [0.5, 0.6) is 0 Å². The first-order valence-electron chi connectivity index (χ1n) is 10.7. The van der Waals surface area contributed by atoms with Gasteiger partial charge in [-0.05, 0) is 64.2 Å². The maximum atomic E-state index is 12.8. The third kappa shape index (κ3) is 6.69. The SMILES string of the molecule is CC(C)C(C)(C(=N)NC(=O)N1CCC(NC(=O)OC(C)(C)C)CC1)c1ccc(Br)cc1. The molecule has 0 bridgehead atoms. The molecule has 1 aromatic rings. The van der Waals surface area contributed by atoms with Crippen molar-refractivity contribution in [1.29, 1.82) is 5.41 Å². The van der Waals surface area contributed by atoms with E-state index in [1.165, 1.54) is 0 Å². The first-order chi connectivity index (χ1) is 14.3. The number of halogens is 1. The maximum Gasteiger partial charge on any atom is 0.407 e. The minimum atomic E-state index is -0.618. The number of amidine groups is 1. The molecular weight excluding hydrogens is 460 g/mol. The number of carbonyl (C=O) groups excluding carboxylic acids is 2. The molecule has 3 N–H and O–H groups in total. The van der Waals surface area contributed by atoms with Gasteiger partial charge in [0.25, 0.3) is 0 Å². The van der Waals surface area contributed by atoms with Gasteiger partial charge in [-0.2, -0.15) is 0 Å². The Hall–Kier alpha value is -2.09. The zero-order valence-electron chi connectivity index (χ0n) is 19.3. The summed E-state index contributed by atoms with van der Waals surface area (Å²) in [5.41, 5.74) is -0.174. The fourth-order valence-corrected chi connectivity index (χ4v) is 3.84. The van der Waals surface area contributed by atoms with E-state index in [2.05, 4.69) is 40.4 Å². The number of piperidine rings is 1. The summed E-state index contributed by atoms with van der Waals surface area (Å²) in [5.74, 6) is 0.300. The topological polar surface area (TPSA) is 94.5 Å². The molecule has 1 aliphatic rings. The van der Waals surface area contributed by atoms with Crippen molar-refractivity contribution in [3.8, 4) is 0 Å². The molecule has 172 valence electrons. The minimum Gasteiger partial charge on any atom is -0.444 e. The van der Waals surface area contributed by atoms with Gasteiger partial charge >= 0.3 is 12.1 Å². The summed E-state index contributed by atoms with van der Waals surface area (Å²) in [7, 11) is 0. The van der Waals surface area contributed by atoms with E-state index in [1.807, 2.05) is 52.0 Å². The minimum absolute atomic E-state index is 0.0259. The standard InChI is InChI=1S/C23H35BrN4O3/c1-15(2)23(6,16-7-9-17(24)10-8-16)19(25)27-20(29)28-13-11-18(12-14-28)26-21(30)31-22(3,4)5/h7-10,15,18H,11-14H2,1-6H3,(H,26,30)(H2,25,27,29). The van der Waals surface area contributed by atoms with Gasteiger partial charge in [-0.3, -0.25) is 10.7 Å². The lowest BCUT2D eigenvalue weighted by atomic mass is 9.72. The zero-order valence-corrected chi connectivity index (χ0v) is 20.9. The fourth-order valence-electron chi connectivity index (χ4n) is 3.58. The zero-order chi connectivity index (χ0) is 23.4. The Bertz CT molecular complexity index is 796. The summed E-state index contributed by atoms with van der Waals surface area (Å²) in [6.45, 7) is 12.6. The predicted molar refractivity (Wildman–Crippen MR) is 127 cm³/mol. The molecule has 1 fully saturated rings. The lowest BCUT2D eigenvalue weighted by Gasteiger charge is -2.37. The van der Waals surface area contributed by atoms with Crippen molar-refractivity contribution in [2.75, 3.05) is 13.1 Å². The maximum absolute atomic E-state index is 12.8. The van der Waals surface area contributed by atoms with Gasteiger partial charge in [-0.1, -0.05) is 41.9 Å². The van der Waals surface area contributed by atoms with Crippen LogP contribution in [0, 0.1) is 11.3 Å². The number of urea groups is 1. The number of benzene rings is 1. The van der Waals surface area contributed by atoms with Crippen LogP contribution < -0.4 is 10.6 Å². The molecule has 1 aromatic carbocycles. The Morgan fingerprint density at radius 1 is 1.13 bits per heavy atom. The predicted octanol–water partition coefficient (Wildman–Crippen LogP) is 5.04. The van der Waals surface area contributed by atoms with E-state index in [9.17, 15) is 9.59 Å². The van der Waals surface area contributed by atoms with Gasteiger partial charge in [-0.15, -0.1) is 0 Å². The second kappa shape index (κ2) is 10.0. The molecule has 3 amide bonds. The highest BCUT2D eigenvalue weighted by Crippen LogP contribution is 2.33. The Morgan fingerprint density at radius 2 is 1.68 bits per heavy atom. The van der Waals surface area contributed by atoms with Crippen molar-refractivity contribution >= 4 is 33.9 Å². The van der Waals surface area contributed by atoms with Gasteiger partial charge in [0, 0.05) is 23.6 Å². The molecule has 2 rings (SSSR count). The summed E-state index contributed by atoms with van der Waals surface area (Å²) in [5, 5.41) is 14.4. The third-order valence-corrected chi connectivity index (χ3v) is 6.38. The van der Waals surface area contributed by atoms with Crippen LogP contribution >= 0.6 is 15.9 Å². The third-order valence-electron chi connectivity index (χ3n) is 5.85. The molecule has 1 aliphatic heterocycles. The normalized spacial score (nSPS) is 17.1. The van der Waals surface area contributed by atoms with E-state index in [0.717, 1.165) is 10.0 Å². The van der Waals surface area contributed by atoms with Crippen LogP contribution in [0.1, 0.15) is 59.9 Å². The van der Waals surface area contributed by atoms with Gasteiger partial charge in [0.1, 0.15) is 11.4 Å². The van der Waals surface area contributed by atoms with Crippen molar-refractivity contribution in [2.24, 2.45) is 5.92 Å². The first kappa shape index (κ1) is 25.2. The number of carbonyl (C=O) groups is 2. The second-order valence-electron chi connectivity index (χ2n) is 9.58. The van der Waals surface area contributed by atoms with Crippen molar-refractivity contribution in [3.63, 3.8) is 0 Å². The molecule has 0 radical (unpaired) electrons. The summed E-state index contributed by atoms with van der Waals surface area (Å²) in [4.78, 5) is 26.5. The van der Waals surface area contributed by atoms with Crippen molar-refractivity contribution in [3.05, 3.63) is 34.3 Å². The summed E-state index contributed by atoms with van der Waals surface area (Å²) < 4.78 is 6.28. The highest BCUT2D eigenvalue weighted by Gasteiger charge is 2.37. The van der Waals surface area contributed by atoms with Crippen LogP contribution in [-0.2, 0) is 10.2 Å². The van der Waals surface area contributed by atoms with Crippen LogP contribution in [-0.4, -0.2) is 47.6 Å². The van der Waals surface area contributed by atoms with Crippen LogP contribution in [0.25, 0.3) is 0 Å². The Morgan fingerprint density at radius 3 is 2.16 bits per heavy atom. The average molecular weight is 495 g/mol.